The number of hydrogen-bond acceptors (Lipinski definition) is 8. The highest BCUT2D eigenvalue weighted by molar-refractivity contribution is 8.14. The van der Waals surface area contributed by atoms with Crippen LogP contribution in [0.3, 0.4) is 0 Å². The van der Waals surface area contributed by atoms with Crippen LogP contribution in [0.25, 0.3) is 0 Å². The second kappa shape index (κ2) is 9.97. The Morgan fingerprint density at radius 3 is 2.52 bits per heavy atom. The van der Waals surface area contributed by atoms with E-state index in [1.54, 1.807) is 6.92 Å². The second-order valence-electron chi connectivity index (χ2n) is 9.34. The lowest BCUT2D eigenvalue weighted by atomic mass is 9.92. The number of esters is 1. The van der Waals surface area contributed by atoms with Crippen LogP contribution in [0.1, 0.15) is 40.5 Å². The summed E-state index contributed by atoms with van der Waals surface area (Å²) in [5.41, 5.74) is 0. The van der Waals surface area contributed by atoms with Gasteiger partial charge in [-0.25, -0.2) is 4.79 Å². The molecule has 174 valence electrons. The Labute approximate surface area is 189 Å². The summed E-state index contributed by atoms with van der Waals surface area (Å²) >= 11 is 0.863. The van der Waals surface area contributed by atoms with Gasteiger partial charge in [-0.05, 0) is 37.9 Å². The van der Waals surface area contributed by atoms with Gasteiger partial charge in [0, 0.05) is 6.61 Å². The quantitative estimate of drug-likeness (QED) is 0.184. The number of β-lactam (4-membered cyclic amide) rings is 1. The standard InChI is InChI=1S/C21H33NO7SSi/c1-8-11-28-19(25)17(24)22-16(23)15(13(2)29-31(6,7)21(3,4)5)18(22)30-20(26)14-10-9-12-27-14/h8,13-15,18H,1,9-12H2,2-7H3/t13-,14-,15+,18-/m1/s1. The molecule has 0 N–H and O–H groups in total. The van der Waals surface area contributed by atoms with Crippen LogP contribution >= 0.6 is 11.8 Å². The van der Waals surface area contributed by atoms with Crippen molar-refractivity contribution in [2.24, 2.45) is 5.92 Å². The first-order chi connectivity index (χ1) is 14.3. The fourth-order valence-electron chi connectivity index (χ4n) is 3.23. The number of carbonyl (C=O) groups is 4. The maximum Gasteiger partial charge on any atom is 0.397 e. The van der Waals surface area contributed by atoms with Crippen molar-refractivity contribution in [1.29, 1.82) is 0 Å². The minimum absolute atomic E-state index is 0.0752. The van der Waals surface area contributed by atoms with E-state index in [1.165, 1.54) is 6.08 Å². The molecule has 0 unspecified atom stereocenters. The van der Waals surface area contributed by atoms with Crippen molar-refractivity contribution in [2.45, 2.75) is 76.3 Å². The zero-order valence-electron chi connectivity index (χ0n) is 19.1. The van der Waals surface area contributed by atoms with Gasteiger partial charge in [-0.2, -0.15) is 0 Å². The van der Waals surface area contributed by atoms with Crippen molar-refractivity contribution in [2.75, 3.05) is 13.2 Å². The average Bonchev–Trinajstić information content (AvgIpc) is 3.19. The Morgan fingerprint density at radius 1 is 1.35 bits per heavy atom. The van der Waals surface area contributed by atoms with Crippen LogP contribution in [-0.4, -0.2) is 66.9 Å². The van der Waals surface area contributed by atoms with Gasteiger partial charge < -0.3 is 13.9 Å². The van der Waals surface area contributed by atoms with Crippen LogP contribution in [0.15, 0.2) is 12.7 Å². The number of amides is 2. The Balaban J connectivity index is 2.21. The van der Waals surface area contributed by atoms with E-state index in [0.29, 0.717) is 13.0 Å². The number of nitrogens with zero attached hydrogens (tertiary/aromatic N) is 1. The van der Waals surface area contributed by atoms with Crippen LogP contribution in [0, 0.1) is 5.92 Å². The topological polar surface area (TPSA) is 99.2 Å². The van der Waals surface area contributed by atoms with Crippen molar-refractivity contribution in [1.82, 2.24) is 4.90 Å². The zero-order chi connectivity index (χ0) is 23.6. The number of imide groups is 1. The van der Waals surface area contributed by atoms with E-state index in [2.05, 4.69) is 40.4 Å². The van der Waals surface area contributed by atoms with Crippen LogP contribution in [0.4, 0.5) is 0 Å². The Morgan fingerprint density at radius 2 is 2.00 bits per heavy atom. The maximum atomic E-state index is 12.9. The van der Waals surface area contributed by atoms with Crippen molar-refractivity contribution >= 4 is 43.0 Å². The maximum absolute atomic E-state index is 12.9. The van der Waals surface area contributed by atoms with Crippen LogP contribution < -0.4 is 0 Å². The number of ether oxygens (including phenoxy) is 2. The Bertz CT molecular complexity index is 743. The lowest BCUT2D eigenvalue weighted by Gasteiger charge is -2.49. The van der Waals surface area contributed by atoms with E-state index in [1.807, 2.05) is 0 Å². The van der Waals surface area contributed by atoms with Gasteiger partial charge in [0.1, 0.15) is 18.1 Å². The first-order valence-electron chi connectivity index (χ1n) is 10.5. The van der Waals surface area contributed by atoms with E-state index >= 15 is 0 Å². The number of rotatable bonds is 7. The molecule has 2 amide bonds. The summed E-state index contributed by atoms with van der Waals surface area (Å²) in [5, 5.41) is -1.17. The van der Waals surface area contributed by atoms with Crippen LogP contribution in [0.2, 0.25) is 18.1 Å². The largest absolute Gasteiger partial charge is 0.454 e. The third-order valence-electron chi connectivity index (χ3n) is 6.03. The van der Waals surface area contributed by atoms with Crippen molar-refractivity contribution in [3.8, 4) is 0 Å². The van der Waals surface area contributed by atoms with Gasteiger partial charge in [-0.15, -0.1) is 0 Å². The van der Waals surface area contributed by atoms with E-state index in [9.17, 15) is 19.2 Å². The highest BCUT2D eigenvalue weighted by atomic mass is 32.2. The summed E-state index contributed by atoms with van der Waals surface area (Å²) < 4.78 is 16.6. The number of hydrogen-bond donors (Lipinski definition) is 0. The van der Waals surface area contributed by atoms with Crippen LogP contribution in [-0.2, 0) is 33.1 Å². The summed E-state index contributed by atoms with van der Waals surface area (Å²) in [6.07, 6.45) is 1.63. The van der Waals surface area contributed by atoms with Gasteiger partial charge in [0.2, 0.25) is 11.0 Å². The van der Waals surface area contributed by atoms with E-state index in [4.69, 9.17) is 13.9 Å². The average molecular weight is 472 g/mol. The normalized spacial score (nSPS) is 25.0. The highest BCUT2D eigenvalue weighted by Crippen LogP contribution is 2.43. The lowest BCUT2D eigenvalue weighted by Crippen LogP contribution is -2.67. The summed E-state index contributed by atoms with van der Waals surface area (Å²) in [6, 6.07) is 0. The summed E-state index contributed by atoms with van der Waals surface area (Å²) in [4.78, 5) is 51.1. The van der Waals surface area contributed by atoms with E-state index in [-0.39, 0.29) is 16.8 Å². The van der Waals surface area contributed by atoms with Gasteiger partial charge in [0.05, 0.1) is 12.0 Å². The molecule has 0 bridgehead atoms. The number of carbonyl (C=O) groups excluding carboxylic acids is 4. The third-order valence-corrected chi connectivity index (χ3v) is 11.8. The second-order valence-corrected chi connectivity index (χ2v) is 15.2. The molecule has 2 fully saturated rings. The summed E-state index contributed by atoms with van der Waals surface area (Å²) in [7, 11) is -2.20. The van der Waals surface area contributed by atoms with Gasteiger partial charge in [-0.1, -0.05) is 45.2 Å². The van der Waals surface area contributed by atoms with E-state index in [0.717, 1.165) is 23.1 Å². The molecule has 2 rings (SSSR count). The fraction of sp³-hybridized carbons (Fsp3) is 0.714. The van der Waals surface area contributed by atoms with Gasteiger partial charge in [0.25, 0.3) is 0 Å². The van der Waals surface area contributed by atoms with Crippen molar-refractivity contribution in [3.63, 3.8) is 0 Å². The predicted molar refractivity (Wildman–Crippen MR) is 120 cm³/mol. The molecular weight excluding hydrogens is 438 g/mol. The predicted octanol–water partition coefficient (Wildman–Crippen LogP) is 2.88. The summed E-state index contributed by atoms with van der Waals surface area (Å²) in [6.45, 7) is 16.0. The van der Waals surface area contributed by atoms with Gasteiger partial charge >= 0.3 is 11.9 Å². The molecule has 4 atom stereocenters. The molecular formula is C21H33NO7SSi. The number of likely N-dealkylation sites (tertiary alicyclic amines) is 1. The molecule has 8 nitrogen and oxygen atoms in total. The molecule has 2 saturated heterocycles. The molecule has 0 spiro atoms. The molecule has 2 aliphatic heterocycles. The molecule has 0 radical (unpaired) electrons. The highest BCUT2D eigenvalue weighted by Gasteiger charge is 2.57. The molecule has 10 heteroatoms. The SMILES string of the molecule is C=CCOC(=O)C(=O)N1C(=O)[C@H]([C@@H](C)O[Si](C)(C)C(C)(C)C)[C@H]1SC(=O)[C@H]1CCCO1. The van der Waals surface area contributed by atoms with Crippen LogP contribution in [0.5, 0.6) is 0 Å². The summed E-state index contributed by atoms with van der Waals surface area (Å²) in [5.74, 6) is -3.50. The third kappa shape index (κ3) is 5.66. The Kier molecular flexibility index (Phi) is 8.29. The molecule has 0 aromatic rings. The Hall–Kier alpha value is -1.49. The molecule has 0 saturated carbocycles. The van der Waals surface area contributed by atoms with Crippen molar-refractivity contribution < 1.29 is 33.1 Å². The lowest BCUT2D eigenvalue weighted by molar-refractivity contribution is -0.174. The fourth-order valence-corrected chi connectivity index (χ4v) is 6.02. The number of thioether (sulfide) groups is 1. The molecule has 0 aromatic heterocycles. The molecule has 2 aliphatic rings. The zero-order valence-corrected chi connectivity index (χ0v) is 21.0. The van der Waals surface area contributed by atoms with Crippen molar-refractivity contribution in [3.05, 3.63) is 12.7 Å². The minimum Gasteiger partial charge on any atom is -0.454 e. The van der Waals surface area contributed by atoms with E-state index < -0.39 is 49.6 Å². The molecule has 0 aromatic carbocycles. The minimum atomic E-state index is -2.20. The molecule has 0 aliphatic carbocycles. The van der Waals surface area contributed by atoms with Gasteiger partial charge in [-0.3, -0.25) is 19.3 Å². The first-order valence-corrected chi connectivity index (χ1v) is 14.3. The first kappa shape index (κ1) is 25.8. The molecule has 31 heavy (non-hydrogen) atoms. The monoisotopic (exact) mass is 471 g/mol. The smallest absolute Gasteiger partial charge is 0.397 e. The molecule has 2 heterocycles. The van der Waals surface area contributed by atoms with Gasteiger partial charge in [0.15, 0.2) is 8.32 Å².